The molecule has 0 aliphatic carbocycles. The fourth-order valence-electron chi connectivity index (χ4n) is 3.05. The van der Waals surface area contributed by atoms with Crippen LogP contribution in [-0.2, 0) is 4.74 Å². The number of aliphatic hydroxyl groups is 1. The predicted octanol–water partition coefficient (Wildman–Crippen LogP) is 3.51. The van der Waals surface area contributed by atoms with Gasteiger partial charge in [-0.2, -0.15) is 0 Å². The summed E-state index contributed by atoms with van der Waals surface area (Å²) in [6.45, 7) is 7.98. The first kappa shape index (κ1) is 17.9. The maximum atomic E-state index is 10.5. The number of hydrogen-bond donors (Lipinski definition) is 1. The Morgan fingerprint density at radius 1 is 1.04 bits per heavy atom. The van der Waals surface area contributed by atoms with Gasteiger partial charge in [0.15, 0.2) is 0 Å². The summed E-state index contributed by atoms with van der Waals surface area (Å²) in [4.78, 5) is 2.24. The van der Waals surface area contributed by atoms with Crippen molar-refractivity contribution in [1.29, 1.82) is 0 Å². The molecule has 2 aromatic carbocycles. The van der Waals surface area contributed by atoms with E-state index in [9.17, 15) is 5.11 Å². The van der Waals surface area contributed by atoms with Gasteiger partial charge in [-0.3, -0.25) is 4.90 Å². The Bertz CT molecular complexity index is 663. The third-order valence-corrected chi connectivity index (χ3v) is 4.37. The van der Waals surface area contributed by atoms with E-state index in [4.69, 9.17) is 9.47 Å². The van der Waals surface area contributed by atoms with Crippen molar-refractivity contribution in [2.75, 3.05) is 32.8 Å². The molecule has 134 valence electrons. The molecule has 4 heteroatoms. The average molecular weight is 341 g/mol. The Hall–Kier alpha value is -1.88. The van der Waals surface area contributed by atoms with Gasteiger partial charge in [0, 0.05) is 19.6 Å². The number of β-amino-alcohol motifs (C(OH)–C–C–N with tert-alkyl or cyclic N) is 1. The monoisotopic (exact) mass is 341 g/mol. The van der Waals surface area contributed by atoms with E-state index < -0.39 is 6.10 Å². The number of nitrogens with zero attached hydrogens (tertiary/aromatic N) is 1. The Morgan fingerprint density at radius 2 is 1.76 bits per heavy atom. The summed E-state index contributed by atoms with van der Waals surface area (Å²) in [5, 5.41) is 10.5. The van der Waals surface area contributed by atoms with Crippen molar-refractivity contribution in [2.24, 2.45) is 0 Å². The Balaban J connectivity index is 1.67. The topological polar surface area (TPSA) is 41.9 Å². The van der Waals surface area contributed by atoms with Gasteiger partial charge in [0.05, 0.1) is 25.4 Å². The molecule has 0 radical (unpaired) electrons. The van der Waals surface area contributed by atoms with Crippen LogP contribution < -0.4 is 4.74 Å². The minimum atomic E-state index is -0.470. The number of ether oxygens (including phenoxy) is 2. The fraction of sp³-hybridized carbons (Fsp3) is 0.429. The van der Waals surface area contributed by atoms with E-state index in [0.29, 0.717) is 6.54 Å². The minimum Gasteiger partial charge on any atom is -0.491 e. The van der Waals surface area contributed by atoms with Gasteiger partial charge >= 0.3 is 0 Å². The zero-order chi connectivity index (χ0) is 17.6. The largest absolute Gasteiger partial charge is 0.491 e. The third-order valence-electron chi connectivity index (χ3n) is 4.37. The SMILES string of the molecule is CC(C)Oc1cccc(-c2ccc([C@H](O)CN3CCOCC3)cc2)c1. The predicted molar refractivity (Wildman–Crippen MR) is 99.9 cm³/mol. The number of rotatable bonds is 6. The Kier molecular flexibility index (Phi) is 6.08. The van der Waals surface area contributed by atoms with Crippen molar-refractivity contribution in [3.8, 4) is 16.9 Å². The second kappa shape index (κ2) is 8.48. The van der Waals surface area contributed by atoms with Crippen molar-refractivity contribution in [1.82, 2.24) is 4.90 Å². The Labute approximate surface area is 150 Å². The normalized spacial score (nSPS) is 16.8. The molecule has 0 saturated carbocycles. The lowest BCUT2D eigenvalue weighted by molar-refractivity contribution is 0.0143. The van der Waals surface area contributed by atoms with E-state index in [-0.39, 0.29) is 6.10 Å². The van der Waals surface area contributed by atoms with Crippen LogP contribution in [0.15, 0.2) is 48.5 Å². The summed E-state index contributed by atoms with van der Waals surface area (Å²) in [6.07, 6.45) is -0.310. The standard InChI is InChI=1S/C21H27NO3/c1-16(2)25-20-5-3-4-19(14-20)17-6-8-18(9-7-17)21(23)15-22-10-12-24-13-11-22/h3-9,14,16,21,23H,10-13,15H2,1-2H3/t21-/m1/s1. The quantitative estimate of drug-likeness (QED) is 0.873. The van der Waals surface area contributed by atoms with Gasteiger partial charge in [-0.15, -0.1) is 0 Å². The summed E-state index contributed by atoms with van der Waals surface area (Å²) in [7, 11) is 0. The van der Waals surface area contributed by atoms with E-state index in [2.05, 4.69) is 29.2 Å². The van der Waals surface area contributed by atoms with Crippen molar-refractivity contribution >= 4 is 0 Å². The molecule has 1 fully saturated rings. The molecule has 0 bridgehead atoms. The van der Waals surface area contributed by atoms with Gasteiger partial charge in [0.2, 0.25) is 0 Å². The molecule has 2 aromatic rings. The molecule has 3 rings (SSSR count). The fourth-order valence-corrected chi connectivity index (χ4v) is 3.05. The summed E-state index contributed by atoms with van der Waals surface area (Å²) in [6, 6.07) is 16.3. The highest BCUT2D eigenvalue weighted by atomic mass is 16.5. The van der Waals surface area contributed by atoms with Gasteiger partial charge in [-0.1, -0.05) is 36.4 Å². The minimum absolute atomic E-state index is 0.160. The summed E-state index contributed by atoms with van der Waals surface area (Å²) in [5.74, 6) is 0.879. The molecule has 0 spiro atoms. The van der Waals surface area contributed by atoms with E-state index >= 15 is 0 Å². The second-order valence-corrected chi connectivity index (χ2v) is 6.75. The molecule has 4 nitrogen and oxygen atoms in total. The van der Waals surface area contributed by atoms with E-state index in [1.165, 1.54) is 0 Å². The van der Waals surface area contributed by atoms with Crippen LogP contribution in [0.5, 0.6) is 5.75 Å². The first-order chi connectivity index (χ1) is 12.1. The van der Waals surface area contributed by atoms with Crippen LogP contribution in [0.25, 0.3) is 11.1 Å². The molecule has 1 aliphatic heterocycles. The molecule has 0 amide bonds. The van der Waals surface area contributed by atoms with Crippen LogP contribution in [0.3, 0.4) is 0 Å². The van der Waals surface area contributed by atoms with Crippen molar-refractivity contribution < 1.29 is 14.6 Å². The van der Waals surface area contributed by atoms with Crippen LogP contribution in [-0.4, -0.2) is 49.0 Å². The summed E-state index contributed by atoms with van der Waals surface area (Å²) in [5.41, 5.74) is 3.19. The van der Waals surface area contributed by atoms with Crippen LogP contribution in [0.2, 0.25) is 0 Å². The van der Waals surface area contributed by atoms with Crippen LogP contribution in [0.1, 0.15) is 25.5 Å². The molecule has 1 N–H and O–H groups in total. The number of hydrogen-bond acceptors (Lipinski definition) is 4. The van der Waals surface area contributed by atoms with Crippen molar-refractivity contribution in [2.45, 2.75) is 26.1 Å². The number of morpholine rings is 1. The van der Waals surface area contributed by atoms with E-state index in [0.717, 1.165) is 48.7 Å². The first-order valence-electron chi connectivity index (χ1n) is 8.97. The van der Waals surface area contributed by atoms with E-state index in [1.807, 2.05) is 38.1 Å². The van der Waals surface area contributed by atoms with E-state index in [1.54, 1.807) is 0 Å². The molecule has 0 unspecified atom stereocenters. The zero-order valence-electron chi connectivity index (χ0n) is 15.0. The molecule has 1 saturated heterocycles. The average Bonchev–Trinajstić information content (AvgIpc) is 2.62. The maximum Gasteiger partial charge on any atom is 0.120 e. The van der Waals surface area contributed by atoms with Gasteiger partial charge in [0.1, 0.15) is 5.75 Å². The highest BCUT2D eigenvalue weighted by Gasteiger charge is 2.16. The lowest BCUT2D eigenvalue weighted by Gasteiger charge is -2.28. The molecule has 0 aromatic heterocycles. The molecule has 1 atom stereocenters. The molecular formula is C21H27NO3. The summed E-state index contributed by atoms with van der Waals surface area (Å²) >= 11 is 0. The third kappa shape index (κ3) is 5.05. The Morgan fingerprint density at radius 3 is 2.44 bits per heavy atom. The number of benzene rings is 2. The summed E-state index contributed by atoms with van der Waals surface area (Å²) < 4.78 is 11.1. The smallest absolute Gasteiger partial charge is 0.120 e. The van der Waals surface area contributed by atoms with Gasteiger partial charge in [0.25, 0.3) is 0 Å². The zero-order valence-corrected chi connectivity index (χ0v) is 15.0. The van der Waals surface area contributed by atoms with Crippen molar-refractivity contribution in [3.05, 3.63) is 54.1 Å². The lowest BCUT2D eigenvalue weighted by atomic mass is 10.0. The van der Waals surface area contributed by atoms with Gasteiger partial charge < -0.3 is 14.6 Å². The maximum absolute atomic E-state index is 10.5. The number of aliphatic hydroxyl groups excluding tert-OH is 1. The highest BCUT2D eigenvalue weighted by molar-refractivity contribution is 5.65. The van der Waals surface area contributed by atoms with Crippen LogP contribution in [0.4, 0.5) is 0 Å². The molecule has 1 aliphatic rings. The highest BCUT2D eigenvalue weighted by Crippen LogP contribution is 2.26. The van der Waals surface area contributed by atoms with Gasteiger partial charge in [-0.25, -0.2) is 0 Å². The van der Waals surface area contributed by atoms with Gasteiger partial charge in [-0.05, 0) is 42.7 Å². The van der Waals surface area contributed by atoms with Crippen LogP contribution in [0, 0.1) is 0 Å². The molecule has 1 heterocycles. The molecule has 25 heavy (non-hydrogen) atoms. The lowest BCUT2D eigenvalue weighted by Crippen LogP contribution is -2.38. The first-order valence-corrected chi connectivity index (χ1v) is 8.97. The second-order valence-electron chi connectivity index (χ2n) is 6.75. The molecular weight excluding hydrogens is 314 g/mol. The van der Waals surface area contributed by atoms with Crippen molar-refractivity contribution in [3.63, 3.8) is 0 Å². The van der Waals surface area contributed by atoms with Crippen LogP contribution >= 0.6 is 0 Å².